The van der Waals surface area contributed by atoms with E-state index in [0.29, 0.717) is 5.78 Å². The Balaban J connectivity index is 0.000000243. The molecule has 0 radical (unpaired) electrons. The number of ketones is 1. The van der Waals surface area contributed by atoms with Crippen LogP contribution in [0.3, 0.4) is 0 Å². The van der Waals surface area contributed by atoms with Gasteiger partial charge in [-0.3, -0.25) is 4.79 Å². The fraction of sp³-hybridized carbons (Fsp3) is 0.909. The third-order valence-electron chi connectivity index (χ3n) is 1.97. The lowest BCUT2D eigenvalue weighted by molar-refractivity contribution is -0.124. The van der Waals surface area contributed by atoms with Crippen molar-refractivity contribution < 1.29 is 4.79 Å². The van der Waals surface area contributed by atoms with Crippen molar-refractivity contribution in [1.82, 2.24) is 0 Å². The summed E-state index contributed by atoms with van der Waals surface area (Å²) >= 11 is 2.07. The second kappa shape index (κ2) is 7.43. The fourth-order valence-corrected chi connectivity index (χ4v) is 2.20. The summed E-state index contributed by atoms with van der Waals surface area (Å²) in [6, 6.07) is 0. The number of hydrogen-bond acceptors (Lipinski definition) is 2. The van der Waals surface area contributed by atoms with E-state index in [9.17, 15) is 4.79 Å². The van der Waals surface area contributed by atoms with Crippen molar-refractivity contribution in [2.75, 3.05) is 11.5 Å². The highest BCUT2D eigenvalue weighted by atomic mass is 32.2. The fourth-order valence-electron chi connectivity index (χ4n) is 1.18. The van der Waals surface area contributed by atoms with Crippen molar-refractivity contribution in [1.29, 1.82) is 0 Å². The Morgan fingerprint density at radius 1 is 1.00 bits per heavy atom. The van der Waals surface area contributed by atoms with Gasteiger partial charge in [0.25, 0.3) is 0 Å². The Bertz CT molecular complexity index is 119. The molecule has 0 aromatic rings. The van der Waals surface area contributed by atoms with Crippen LogP contribution in [0, 0.1) is 11.8 Å². The minimum Gasteiger partial charge on any atom is -0.299 e. The molecule has 1 saturated heterocycles. The summed E-state index contributed by atoms with van der Waals surface area (Å²) in [5, 5.41) is 0. The van der Waals surface area contributed by atoms with Crippen molar-refractivity contribution in [3.63, 3.8) is 0 Å². The first-order valence-electron chi connectivity index (χ1n) is 5.17. The third-order valence-corrected chi connectivity index (χ3v) is 3.12. The van der Waals surface area contributed by atoms with Gasteiger partial charge in [-0.2, -0.15) is 11.8 Å². The van der Waals surface area contributed by atoms with E-state index in [4.69, 9.17) is 0 Å². The molecule has 0 aliphatic carbocycles. The molecular formula is C11H22OS. The zero-order valence-electron chi connectivity index (χ0n) is 9.30. The summed E-state index contributed by atoms with van der Waals surface area (Å²) in [5.41, 5.74) is 0. The second-order valence-corrected chi connectivity index (χ2v) is 5.26. The molecule has 1 nitrogen and oxygen atoms in total. The van der Waals surface area contributed by atoms with Crippen molar-refractivity contribution >= 4 is 17.5 Å². The van der Waals surface area contributed by atoms with Crippen LogP contribution in [0.1, 0.15) is 40.5 Å². The molecule has 2 heteroatoms. The molecule has 0 aromatic heterocycles. The molecule has 0 amide bonds. The lowest BCUT2D eigenvalue weighted by Crippen LogP contribution is -2.13. The Labute approximate surface area is 86.7 Å². The largest absolute Gasteiger partial charge is 0.299 e. The normalized spacial score (nSPS) is 15.8. The van der Waals surface area contributed by atoms with E-state index in [-0.39, 0.29) is 11.8 Å². The van der Waals surface area contributed by atoms with E-state index in [2.05, 4.69) is 11.8 Å². The maximum Gasteiger partial charge on any atom is 0.137 e. The predicted molar refractivity (Wildman–Crippen MR) is 61.2 cm³/mol. The molecule has 0 bridgehead atoms. The van der Waals surface area contributed by atoms with E-state index in [1.165, 1.54) is 24.3 Å². The molecule has 1 aliphatic heterocycles. The summed E-state index contributed by atoms with van der Waals surface area (Å²) in [7, 11) is 0. The van der Waals surface area contributed by atoms with Crippen LogP contribution in [-0.4, -0.2) is 17.3 Å². The van der Waals surface area contributed by atoms with Crippen LogP contribution in [0.2, 0.25) is 0 Å². The van der Waals surface area contributed by atoms with E-state index in [0.717, 1.165) is 0 Å². The molecule has 0 aromatic carbocycles. The highest BCUT2D eigenvalue weighted by Crippen LogP contribution is 2.14. The molecule has 1 fully saturated rings. The van der Waals surface area contributed by atoms with Gasteiger partial charge in [0.05, 0.1) is 0 Å². The van der Waals surface area contributed by atoms with Gasteiger partial charge in [-0.05, 0) is 24.3 Å². The van der Waals surface area contributed by atoms with Gasteiger partial charge in [-0.15, -0.1) is 0 Å². The minimum atomic E-state index is 0.204. The van der Waals surface area contributed by atoms with Gasteiger partial charge in [0.2, 0.25) is 0 Å². The average molecular weight is 202 g/mol. The summed E-state index contributed by atoms with van der Waals surface area (Å²) < 4.78 is 0. The maximum atomic E-state index is 10.8. The second-order valence-electron chi connectivity index (χ2n) is 4.03. The molecule has 13 heavy (non-hydrogen) atoms. The highest BCUT2D eigenvalue weighted by Gasteiger charge is 2.09. The summed E-state index contributed by atoms with van der Waals surface area (Å²) in [6.07, 6.45) is 2.93. The number of thioether (sulfide) groups is 1. The monoisotopic (exact) mass is 202 g/mol. The molecule has 0 unspecified atom stereocenters. The van der Waals surface area contributed by atoms with E-state index < -0.39 is 0 Å². The predicted octanol–water partition coefficient (Wildman–Crippen LogP) is 3.38. The van der Waals surface area contributed by atoms with Crippen LogP contribution in [0.4, 0.5) is 0 Å². The van der Waals surface area contributed by atoms with Gasteiger partial charge in [0, 0.05) is 11.8 Å². The van der Waals surface area contributed by atoms with E-state index in [1.807, 2.05) is 27.7 Å². The molecule has 0 saturated carbocycles. The topological polar surface area (TPSA) is 17.1 Å². The zero-order valence-corrected chi connectivity index (χ0v) is 10.1. The van der Waals surface area contributed by atoms with Crippen LogP contribution in [0.25, 0.3) is 0 Å². The number of carbonyl (C=O) groups excluding carboxylic acids is 1. The first kappa shape index (κ1) is 13.0. The van der Waals surface area contributed by atoms with Crippen LogP contribution in [0.5, 0.6) is 0 Å². The van der Waals surface area contributed by atoms with Gasteiger partial charge in [0.15, 0.2) is 0 Å². The highest BCUT2D eigenvalue weighted by molar-refractivity contribution is 7.99. The smallest absolute Gasteiger partial charge is 0.137 e. The van der Waals surface area contributed by atoms with Crippen molar-refractivity contribution in [3.8, 4) is 0 Å². The molecule has 1 heterocycles. The molecule has 0 N–H and O–H groups in total. The average Bonchev–Trinajstić information content (AvgIpc) is 2.59. The Hall–Kier alpha value is 0.0200. The van der Waals surface area contributed by atoms with Crippen LogP contribution < -0.4 is 0 Å². The summed E-state index contributed by atoms with van der Waals surface area (Å²) in [6.45, 7) is 7.73. The number of carbonyl (C=O) groups is 1. The zero-order chi connectivity index (χ0) is 10.3. The first-order valence-corrected chi connectivity index (χ1v) is 6.32. The molecular weight excluding hydrogens is 180 g/mol. The first-order chi connectivity index (χ1) is 6.05. The van der Waals surface area contributed by atoms with Crippen molar-refractivity contribution in [2.45, 2.75) is 40.5 Å². The number of rotatable bonds is 2. The molecule has 0 atom stereocenters. The van der Waals surface area contributed by atoms with Crippen molar-refractivity contribution in [2.24, 2.45) is 11.8 Å². The quantitative estimate of drug-likeness (QED) is 0.683. The van der Waals surface area contributed by atoms with E-state index in [1.54, 1.807) is 0 Å². The maximum absolute atomic E-state index is 10.8. The Morgan fingerprint density at radius 3 is 1.46 bits per heavy atom. The minimum absolute atomic E-state index is 0.204. The number of Topliss-reactive ketones (excluding diaryl/α,β-unsaturated/α-hetero) is 1. The SMILES string of the molecule is C1CCSC1.CC(C)C(=O)C(C)C. The van der Waals surface area contributed by atoms with Gasteiger partial charge >= 0.3 is 0 Å². The molecule has 78 valence electrons. The van der Waals surface area contributed by atoms with Gasteiger partial charge in [-0.1, -0.05) is 27.7 Å². The van der Waals surface area contributed by atoms with Gasteiger partial charge < -0.3 is 0 Å². The van der Waals surface area contributed by atoms with Gasteiger partial charge in [-0.25, -0.2) is 0 Å². The standard InChI is InChI=1S/C7H14O.C4H8S/c1-5(2)7(8)6(3)4;1-2-4-5-3-1/h5-6H,1-4H3;1-4H2. The summed E-state index contributed by atoms with van der Waals surface area (Å²) in [5.74, 6) is 3.59. The summed E-state index contributed by atoms with van der Waals surface area (Å²) in [4.78, 5) is 10.8. The number of hydrogen-bond donors (Lipinski definition) is 0. The van der Waals surface area contributed by atoms with Gasteiger partial charge in [0.1, 0.15) is 5.78 Å². The molecule has 1 aliphatic rings. The van der Waals surface area contributed by atoms with Crippen LogP contribution in [-0.2, 0) is 4.79 Å². The lowest BCUT2D eigenvalue weighted by atomic mass is 9.99. The van der Waals surface area contributed by atoms with Crippen LogP contribution in [0.15, 0.2) is 0 Å². The third kappa shape index (κ3) is 7.12. The lowest BCUT2D eigenvalue weighted by Gasteiger charge is -2.05. The Morgan fingerprint density at radius 2 is 1.38 bits per heavy atom. The molecule has 0 spiro atoms. The Kier molecular flexibility index (Phi) is 7.44. The van der Waals surface area contributed by atoms with E-state index >= 15 is 0 Å². The van der Waals surface area contributed by atoms with Crippen molar-refractivity contribution in [3.05, 3.63) is 0 Å². The molecule has 1 rings (SSSR count). The van der Waals surface area contributed by atoms with Crippen LogP contribution >= 0.6 is 11.8 Å².